The quantitative estimate of drug-likeness (QED) is 0.173. The zero-order valence-corrected chi connectivity index (χ0v) is 27.7. The summed E-state index contributed by atoms with van der Waals surface area (Å²) in [6.45, 7) is 0.263. The average molecular weight is 646 g/mol. The van der Waals surface area contributed by atoms with Crippen LogP contribution in [-0.2, 0) is 0 Å². The van der Waals surface area contributed by atoms with Crippen LogP contribution in [0.3, 0.4) is 0 Å². The molecule has 0 amide bonds. The van der Waals surface area contributed by atoms with Crippen molar-refractivity contribution in [2.24, 2.45) is 0 Å². The molecule has 10 rings (SSSR count). The summed E-state index contributed by atoms with van der Waals surface area (Å²) in [5, 5.41) is 1.33. The highest BCUT2D eigenvalue weighted by molar-refractivity contribution is 7.32. The number of benzene rings is 6. The smallest absolute Gasteiger partial charge is 0.239 e. The molecule has 3 aliphatic rings. The van der Waals surface area contributed by atoms with E-state index in [4.69, 9.17) is 0 Å². The van der Waals surface area contributed by atoms with E-state index >= 15 is 0 Å². The van der Waals surface area contributed by atoms with Gasteiger partial charge in [-0.2, -0.15) is 0 Å². The predicted octanol–water partition coefficient (Wildman–Crippen LogP) is 11.1. The summed E-state index contributed by atoms with van der Waals surface area (Å²) in [5.41, 5.74) is 12.4. The Morgan fingerprint density at radius 2 is 1.20 bits per heavy atom. The Morgan fingerprint density at radius 1 is 0.592 bits per heavy atom. The van der Waals surface area contributed by atoms with Crippen LogP contribution in [0.25, 0.3) is 10.1 Å². The molecule has 0 radical (unpaired) electrons. The van der Waals surface area contributed by atoms with E-state index in [1.54, 1.807) is 0 Å². The highest BCUT2D eigenvalue weighted by Crippen LogP contribution is 2.52. The number of thiophene rings is 1. The summed E-state index contributed by atoms with van der Waals surface area (Å²) in [4.78, 5) is 7.42. The first-order valence-corrected chi connectivity index (χ1v) is 17.8. The maximum atomic E-state index is 2.54. The Kier molecular flexibility index (Phi) is 6.59. The fourth-order valence-corrected chi connectivity index (χ4v) is 9.57. The van der Waals surface area contributed by atoms with Crippen molar-refractivity contribution < 1.29 is 0 Å². The summed E-state index contributed by atoms with van der Waals surface area (Å²) in [5.74, 6) is 0.311. The fraction of sp³-hybridized carbons (Fsp3) is 0.0455. The van der Waals surface area contributed by atoms with Gasteiger partial charge in [-0.15, -0.1) is 11.3 Å². The second-order valence-electron chi connectivity index (χ2n) is 12.9. The highest BCUT2D eigenvalue weighted by atomic mass is 32.1. The molecule has 2 aliphatic heterocycles. The summed E-state index contributed by atoms with van der Waals surface area (Å²) in [7, 11) is 0. The van der Waals surface area contributed by atoms with Gasteiger partial charge in [0.2, 0.25) is 6.71 Å². The molecular formula is C44H32BN3S. The summed E-state index contributed by atoms with van der Waals surface area (Å²) in [6, 6.07) is 57.2. The van der Waals surface area contributed by atoms with Crippen molar-refractivity contribution in [1.82, 2.24) is 0 Å². The van der Waals surface area contributed by atoms with Crippen molar-refractivity contribution in [3.8, 4) is 0 Å². The van der Waals surface area contributed by atoms with Gasteiger partial charge in [-0.3, -0.25) is 0 Å². The van der Waals surface area contributed by atoms with Gasteiger partial charge >= 0.3 is 0 Å². The van der Waals surface area contributed by atoms with Crippen molar-refractivity contribution in [3.05, 3.63) is 182 Å². The Hall–Kier alpha value is -5.78. The van der Waals surface area contributed by atoms with Crippen LogP contribution in [0.15, 0.2) is 182 Å². The van der Waals surface area contributed by atoms with Gasteiger partial charge in [0.25, 0.3) is 0 Å². The minimum atomic E-state index is 0.263. The molecule has 3 nitrogen and oxygen atoms in total. The molecule has 232 valence electrons. The molecule has 1 unspecified atom stereocenters. The van der Waals surface area contributed by atoms with Crippen LogP contribution in [0.4, 0.5) is 45.5 Å². The van der Waals surface area contributed by atoms with Gasteiger partial charge in [0, 0.05) is 60.4 Å². The molecule has 3 heterocycles. The normalized spacial score (nSPS) is 15.8. The highest BCUT2D eigenvalue weighted by Gasteiger charge is 2.49. The molecule has 6 aromatic carbocycles. The number of allylic oxidation sites excluding steroid dienone is 4. The summed E-state index contributed by atoms with van der Waals surface area (Å²) < 4.78 is 2.81. The van der Waals surface area contributed by atoms with Crippen LogP contribution in [0.2, 0.25) is 5.82 Å². The summed E-state index contributed by atoms with van der Waals surface area (Å²) in [6.07, 6.45) is 7.97. The zero-order chi connectivity index (χ0) is 32.3. The first-order valence-electron chi connectivity index (χ1n) is 17.0. The fourth-order valence-electron chi connectivity index (χ4n) is 8.21. The number of hydrogen-bond donors (Lipinski definition) is 0. The number of para-hydroxylation sites is 3. The van der Waals surface area contributed by atoms with Gasteiger partial charge in [-0.25, -0.2) is 0 Å². The van der Waals surface area contributed by atoms with E-state index < -0.39 is 0 Å². The molecule has 0 N–H and O–H groups in total. The Labute approximate surface area is 291 Å². The van der Waals surface area contributed by atoms with Crippen molar-refractivity contribution >= 4 is 83.9 Å². The van der Waals surface area contributed by atoms with Crippen LogP contribution in [0.5, 0.6) is 0 Å². The van der Waals surface area contributed by atoms with E-state index in [1.807, 2.05) is 11.3 Å². The summed E-state index contributed by atoms with van der Waals surface area (Å²) >= 11 is 1.97. The molecular weight excluding hydrogens is 613 g/mol. The molecule has 0 saturated carbocycles. The lowest BCUT2D eigenvalue weighted by Gasteiger charge is -2.47. The average Bonchev–Trinajstić information content (AvgIpc) is 3.55. The zero-order valence-electron chi connectivity index (χ0n) is 26.9. The van der Waals surface area contributed by atoms with Crippen LogP contribution in [-0.4, -0.2) is 6.71 Å². The Morgan fingerprint density at radius 3 is 1.96 bits per heavy atom. The topological polar surface area (TPSA) is 9.72 Å². The minimum Gasteiger partial charge on any atom is -0.315 e. The second kappa shape index (κ2) is 11.4. The third kappa shape index (κ3) is 4.43. The Bertz CT molecular complexity index is 2360. The lowest BCUT2D eigenvalue weighted by atomic mass is 9.31. The molecule has 1 aliphatic carbocycles. The molecule has 0 fully saturated rings. The first-order chi connectivity index (χ1) is 24.3. The molecule has 49 heavy (non-hydrogen) atoms. The third-order valence-corrected chi connectivity index (χ3v) is 11.4. The molecule has 0 spiro atoms. The van der Waals surface area contributed by atoms with Crippen molar-refractivity contribution in [2.75, 3.05) is 14.7 Å². The monoisotopic (exact) mass is 645 g/mol. The Balaban J connectivity index is 1.20. The predicted molar refractivity (Wildman–Crippen MR) is 210 cm³/mol. The number of nitrogens with zero attached hydrogens (tertiary/aromatic N) is 3. The van der Waals surface area contributed by atoms with E-state index in [0.29, 0.717) is 5.82 Å². The van der Waals surface area contributed by atoms with E-state index in [2.05, 4.69) is 191 Å². The van der Waals surface area contributed by atoms with E-state index in [-0.39, 0.29) is 6.71 Å². The van der Waals surface area contributed by atoms with Crippen LogP contribution in [0, 0.1) is 0 Å². The molecule has 5 heteroatoms. The molecule has 0 saturated heterocycles. The maximum absolute atomic E-state index is 2.54. The van der Waals surface area contributed by atoms with Gasteiger partial charge < -0.3 is 14.7 Å². The number of hydrogen-bond acceptors (Lipinski definition) is 4. The third-order valence-electron chi connectivity index (χ3n) is 10.2. The second-order valence-corrected chi connectivity index (χ2v) is 14.0. The molecule has 1 atom stereocenters. The maximum Gasteiger partial charge on any atom is 0.239 e. The van der Waals surface area contributed by atoms with Crippen molar-refractivity contribution in [3.63, 3.8) is 0 Å². The van der Waals surface area contributed by atoms with Gasteiger partial charge in [0.1, 0.15) is 0 Å². The van der Waals surface area contributed by atoms with Gasteiger partial charge in [0.05, 0.1) is 5.69 Å². The largest absolute Gasteiger partial charge is 0.315 e. The molecule has 7 aromatic rings. The van der Waals surface area contributed by atoms with Crippen LogP contribution < -0.4 is 24.9 Å². The van der Waals surface area contributed by atoms with E-state index in [0.717, 1.165) is 23.5 Å². The first kappa shape index (κ1) is 28.3. The van der Waals surface area contributed by atoms with Crippen LogP contribution in [0.1, 0.15) is 6.42 Å². The number of rotatable bonds is 5. The van der Waals surface area contributed by atoms with E-state index in [9.17, 15) is 0 Å². The lowest BCUT2D eigenvalue weighted by molar-refractivity contribution is 0.889. The minimum absolute atomic E-state index is 0.263. The van der Waals surface area contributed by atoms with Crippen molar-refractivity contribution in [1.29, 1.82) is 0 Å². The number of fused-ring (bicyclic) bond motifs is 6. The van der Waals surface area contributed by atoms with Crippen molar-refractivity contribution in [2.45, 2.75) is 12.2 Å². The van der Waals surface area contributed by atoms with Crippen LogP contribution >= 0.6 is 11.3 Å². The van der Waals surface area contributed by atoms with E-state index in [1.165, 1.54) is 54.5 Å². The van der Waals surface area contributed by atoms with Gasteiger partial charge in [0.15, 0.2) is 0 Å². The lowest BCUT2D eigenvalue weighted by Crippen LogP contribution is -2.57. The molecule has 0 bridgehead atoms. The van der Waals surface area contributed by atoms with Gasteiger partial charge in [-0.1, -0.05) is 97.1 Å². The van der Waals surface area contributed by atoms with Gasteiger partial charge in [-0.05, 0) is 96.6 Å². The SMILES string of the molecule is C1=CCC2B3c4sc5ccccc5c4N(c4ccccc4)c4cccc(c43)N(c3cccc(N(c4ccccc4)c4ccccc4)c3)C2=C1. The number of anilines is 8. The molecule has 1 aromatic heterocycles. The standard InChI is InChI=1S/C44H32BN3S/c1-4-16-31(17-5-1)46(32-18-6-2-7-19-32)34-22-14-23-35(30-34)47-38-26-12-11-25-37(38)45-42-39(47)27-15-28-40(42)48(33-20-8-3-9-21-33)43-36-24-10-13-29-41(36)49-44(43)45/h1-24,26-30,37H,25H2.